The summed E-state index contributed by atoms with van der Waals surface area (Å²) in [6.45, 7) is 4.71. The summed E-state index contributed by atoms with van der Waals surface area (Å²) >= 11 is 11.6. The molecule has 2 N–H and O–H groups in total. The Labute approximate surface area is 104 Å². The van der Waals surface area contributed by atoms with Gasteiger partial charge in [-0.1, -0.05) is 30.1 Å². The molecule has 0 saturated heterocycles. The molecule has 0 spiro atoms. The lowest BCUT2D eigenvalue weighted by Crippen LogP contribution is -2.28. The highest BCUT2D eigenvalue weighted by Gasteiger charge is 2.10. The Morgan fingerprint density at radius 1 is 1.50 bits per heavy atom. The molecule has 16 heavy (non-hydrogen) atoms. The smallest absolute Gasteiger partial charge is 0.238 e. The molecule has 0 unspecified atom stereocenters. The zero-order valence-corrected chi connectivity index (χ0v) is 10.6. The number of nitrogens with zero attached hydrogens (tertiary/aromatic N) is 1. The number of carbonyl (C=O) groups excluding carboxylic acids is 1. The maximum Gasteiger partial charge on any atom is 0.238 e. The lowest BCUT2D eigenvalue weighted by atomic mass is 10.2. The number of carbonyl (C=O) groups is 1. The summed E-state index contributed by atoms with van der Waals surface area (Å²) in [6.07, 6.45) is 0. The van der Waals surface area contributed by atoms with Crippen molar-refractivity contribution in [3.63, 3.8) is 0 Å². The maximum absolute atomic E-state index is 11.5. The fourth-order valence-electron chi connectivity index (χ4n) is 1.17. The quantitative estimate of drug-likeness (QED) is 0.818. The first-order valence-electron chi connectivity index (χ1n) is 4.87. The molecular formula is C10H13Cl2N3O. The molecule has 0 aliphatic heterocycles. The molecule has 6 heteroatoms. The van der Waals surface area contributed by atoms with Gasteiger partial charge in [-0.15, -0.1) is 0 Å². The van der Waals surface area contributed by atoms with Crippen LogP contribution in [0.4, 0.5) is 5.69 Å². The molecule has 1 amide bonds. The number of aromatic nitrogens is 1. The van der Waals surface area contributed by atoms with Crippen molar-refractivity contribution in [1.29, 1.82) is 0 Å². The van der Waals surface area contributed by atoms with Crippen molar-refractivity contribution >= 4 is 34.8 Å². The molecular weight excluding hydrogens is 249 g/mol. The van der Waals surface area contributed by atoms with Crippen molar-refractivity contribution in [3.05, 3.63) is 21.9 Å². The predicted octanol–water partition coefficient (Wildman–Crippen LogP) is 2.24. The Morgan fingerprint density at radius 2 is 2.19 bits per heavy atom. The number of amides is 1. The molecule has 0 radical (unpaired) electrons. The van der Waals surface area contributed by atoms with Crippen molar-refractivity contribution in [2.45, 2.75) is 13.8 Å². The molecule has 1 heterocycles. The first kappa shape index (κ1) is 13.2. The van der Waals surface area contributed by atoms with Gasteiger partial charge in [-0.3, -0.25) is 4.79 Å². The van der Waals surface area contributed by atoms with E-state index in [1.54, 1.807) is 6.07 Å². The number of anilines is 1. The van der Waals surface area contributed by atoms with Gasteiger partial charge in [0.15, 0.2) is 5.15 Å². The van der Waals surface area contributed by atoms with Gasteiger partial charge in [0.05, 0.1) is 12.2 Å². The van der Waals surface area contributed by atoms with Crippen LogP contribution >= 0.6 is 23.2 Å². The predicted molar refractivity (Wildman–Crippen MR) is 66.2 cm³/mol. The van der Waals surface area contributed by atoms with Crippen LogP contribution < -0.4 is 10.6 Å². The van der Waals surface area contributed by atoms with Gasteiger partial charge in [-0.2, -0.15) is 0 Å². The van der Waals surface area contributed by atoms with E-state index in [0.29, 0.717) is 10.8 Å². The van der Waals surface area contributed by atoms with Gasteiger partial charge in [0, 0.05) is 0 Å². The average molecular weight is 262 g/mol. The zero-order valence-electron chi connectivity index (χ0n) is 9.10. The third-order valence-corrected chi connectivity index (χ3v) is 2.41. The van der Waals surface area contributed by atoms with E-state index in [1.807, 2.05) is 13.8 Å². The van der Waals surface area contributed by atoms with E-state index in [0.717, 1.165) is 12.1 Å². The SMILES string of the molecule is CCNCC(=O)Nc1c(C)cc(Cl)nc1Cl. The normalized spacial score (nSPS) is 10.2. The Hall–Kier alpha value is -0.840. The van der Waals surface area contributed by atoms with E-state index in [4.69, 9.17) is 23.2 Å². The molecule has 0 aliphatic rings. The fourth-order valence-corrected chi connectivity index (χ4v) is 1.75. The third-order valence-electron chi connectivity index (χ3n) is 1.94. The Bertz CT molecular complexity index is 373. The van der Waals surface area contributed by atoms with Crippen molar-refractivity contribution in [1.82, 2.24) is 10.3 Å². The number of rotatable bonds is 4. The average Bonchev–Trinajstić information content (AvgIpc) is 2.20. The van der Waals surface area contributed by atoms with E-state index < -0.39 is 0 Å². The molecule has 0 aliphatic carbocycles. The van der Waals surface area contributed by atoms with Gasteiger partial charge in [0.1, 0.15) is 5.15 Å². The van der Waals surface area contributed by atoms with Crippen LogP contribution in [0.5, 0.6) is 0 Å². The Balaban J connectivity index is 2.77. The van der Waals surface area contributed by atoms with Crippen molar-refractivity contribution < 1.29 is 4.79 Å². The number of aryl methyl sites for hydroxylation is 1. The van der Waals surface area contributed by atoms with Crippen LogP contribution in [0.3, 0.4) is 0 Å². The van der Waals surface area contributed by atoms with E-state index in [1.165, 1.54) is 0 Å². The van der Waals surface area contributed by atoms with Crippen LogP contribution in [0.1, 0.15) is 12.5 Å². The molecule has 0 bridgehead atoms. The first-order valence-corrected chi connectivity index (χ1v) is 5.63. The van der Waals surface area contributed by atoms with Crippen molar-refractivity contribution in [2.24, 2.45) is 0 Å². The Kier molecular flexibility index (Phi) is 4.99. The van der Waals surface area contributed by atoms with Gasteiger partial charge in [-0.25, -0.2) is 4.98 Å². The summed E-state index contributed by atoms with van der Waals surface area (Å²) < 4.78 is 0. The van der Waals surface area contributed by atoms with Crippen LogP contribution in [0.15, 0.2) is 6.07 Å². The molecule has 0 fully saturated rings. The van der Waals surface area contributed by atoms with E-state index in [-0.39, 0.29) is 17.6 Å². The van der Waals surface area contributed by atoms with Crippen LogP contribution in [0.2, 0.25) is 10.3 Å². The van der Waals surface area contributed by atoms with E-state index >= 15 is 0 Å². The van der Waals surface area contributed by atoms with Crippen molar-refractivity contribution in [2.75, 3.05) is 18.4 Å². The van der Waals surface area contributed by atoms with Gasteiger partial charge < -0.3 is 10.6 Å². The second kappa shape index (κ2) is 6.03. The zero-order chi connectivity index (χ0) is 12.1. The van der Waals surface area contributed by atoms with Crippen LogP contribution in [-0.2, 0) is 4.79 Å². The van der Waals surface area contributed by atoms with Crippen molar-refractivity contribution in [3.8, 4) is 0 Å². The van der Waals surface area contributed by atoms with Gasteiger partial charge in [0.2, 0.25) is 5.91 Å². The second-order valence-corrected chi connectivity index (χ2v) is 4.00. The molecule has 0 atom stereocenters. The van der Waals surface area contributed by atoms with Gasteiger partial charge in [0.25, 0.3) is 0 Å². The highest BCUT2D eigenvalue weighted by molar-refractivity contribution is 6.34. The van der Waals surface area contributed by atoms with Gasteiger partial charge >= 0.3 is 0 Å². The summed E-state index contributed by atoms with van der Waals surface area (Å²) in [6, 6.07) is 1.65. The summed E-state index contributed by atoms with van der Waals surface area (Å²) in [5, 5.41) is 6.12. The summed E-state index contributed by atoms with van der Waals surface area (Å²) in [5.74, 6) is -0.157. The minimum atomic E-state index is -0.157. The molecule has 0 saturated carbocycles. The number of pyridine rings is 1. The lowest BCUT2D eigenvalue weighted by Gasteiger charge is -2.10. The summed E-state index contributed by atoms with van der Waals surface area (Å²) in [4.78, 5) is 15.3. The molecule has 88 valence electrons. The number of hydrogen-bond acceptors (Lipinski definition) is 3. The lowest BCUT2D eigenvalue weighted by molar-refractivity contribution is -0.115. The van der Waals surface area contributed by atoms with E-state index in [2.05, 4.69) is 15.6 Å². The monoisotopic (exact) mass is 261 g/mol. The number of hydrogen-bond donors (Lipinski definition) is 2. The summed E-state index contributed by atoms with van der Waals surface area (Å²) in [7, 11) is 0. The number of nitrogens with one attached hydrogen (secondary N) is 2. The molecule has 4 nitrogen and oxygen atoms in total. The minimum absolute atomic E-state index is 0.157. The van der Waals surface area contributed by atoms with Crippen LogP contribution in [-0.4, -0.2) is 24.0 Å². The highest BCUT2D eigenvalue weighted by Crippen LogP contribution is 2.26. The topological polar surface area (TPSA) is 54.0 Å². The maximum atomic E-state index is 11.5. The second-order valence-electron chi connectivity index (χ2n) is 3.26. The molecule has 1 aromatic heterocycles. The largest absolute Gasteiger partial charge is 0.322 e. The number of halogens is 2. The highest BCUT2D eigenvalue weighted by atomic mass is 35.5. The van der Waals surface area contributed by atoms with E-state index in [9.17, 15) is 4.79 Å². The molecule has 1 aromatic rings. The van der Waals surface area contributed by atoms with Crippen LogP contribution in [0.25, 0.3) is 0 Å². The standard InChI is InChI=1S/C10H13Cl2N3O/c1-3-13-5-8(16)15-9-6(2)4-7(11)14-10(9)12/h4,13H,3,5H2,1-2H3,(H,15,16). The van der Waals surface area contributed by atoms with Gasteiger partial charge in [-0.05, 0) is 25.1 Å². The number of likely N-dealkylation sites (N-methyl/N-ethyl adjacent to an activating group) is 1. The fraction of sp³-hybridized carbons (Fsp3) is 0.400. The first-order chi connectivity index (χ1) is 7.54. The summed E-state index contributed by atoms with van der Waals surface area (Å²) in [5.41, 5.74) is 1.30. The Morgan fingerprint density at radius 3 is 2.75 bits per heavy atom. The molecule has 1 rings (SSSR count). The van der Waals surface area contributed by atoms with Crippen LogP contribution in [0, 0.1) is 6.92 Å². The third kappa shape index (κ3) is 3.63. The minimum Gasteiger partial charge on any atom is -0.322 e. The molecule has 0 aromatic carbocycles.